The van der Waals surface area contributed by atoms with Crippen molar-refractivity contribution in [1.82, 2.24) is 14.7 Å². The van der Waals surface area contributed by atoms with Gasteiger partial charge >= 0.3 is 6.18 Å². The van der Waals surface area contributed by atoms with Crippen molar-refractivity contribution < 1.29 is 26.0 Å². The van der Waals surface area contributed by atoms with Crippen molar-refractivity contribution in [1.29, 1.82) is 0 Å². The summed E-state index contributed by atoms with van der Waals surface area (Å²) in [4.78, 5) is 8.93. The Morgan fingerprint density at radius 1 is 1.00 bits per heavy atom. The first kappa shape index (κ1) is 21.4. The summed E-state index contributed by atoms with van der Waals surface area (Å²) < 4.78 is 81.2. The molecule has 0 atom stereocenters. The van der Waals surface area contributed by atoms with E-state index in [-0.39, 0.29) is 40.7 Å². The van der Waals surface area contributed by atoms with E-state index >= 15 is 0 Å². The molecule has 1 N–H and O–H groups in total. The van der Waals surface area contributed by atoms with Crippen LogP contribution in [0.1, 0.15) is 18.7 Å². The molecule has 0 aliphatic carbocycles. The highest BCUT2D eigenvalue weighted by atomic mass is 32.2. The summed E-state index contributed by atoms with van der Waals surface area (Å²) in [6, 6.07) is 10.9. The number of anilines is 1. The fraction of sp³-hybridized carbons (Fsp3) is 0.300. The average molecular weight is 454 g/mol. The van der Waals surface area contributed by atoms with Crippen LogP contribution in [0, 0.1) is 5.82 Å². The predicted octanol–water partition coefficient (Wildman–Crippen LogP) is 3.74. The summed E-state index contributed by atoms with van der Waals surface area (Å²) in [5.74, 6) is -1.92. The Labute approximate surface area is 176 Å². The fourth-order valence-corrected chi connectivity index (χ4v) is 4.87. The van der Waals surface area contributed by atoms with Gasteiger partial charge in [-0.1, -0.05) is 18.2 Å². The second-order valence-electron chi connectivity index (χ2n) is 7.23. The first-order valence-electron chi connectivity index (χ1n) is 9.50. The first-order chi connectivity index (χ1) is 14.6. The molecule has 2 aromatic carbocycles. The smallest absolute Gasteiger partial charge is 0.356 e. The van der Waals surface area contributed by atoms with Crippen LogP contribution in [0.5, 0.6) is 0 Å². The monoisotopic (exact) mass is 454 g/mol. The van der Waals surface area contributed by atoms with E-state index < -0.39 is 27.8 Å². The Kier molecular flexibility index (Phi) is 5.56. The minimum absolute atomic E-state index is 0.00868. The molecule has 1 aliphatic rings. The molecule has 164 valence electrons. The molecule has 6 nitrogen and oxygen atoms in total. The van der Waals surface area contributed by atoms with Gasteiger partial charge in [0.2, 0.25) is 15.8 Å². The largest absolute Gasteiger partial charge is 0.451 e. The molecule has 4 rings (SSSR count). The Balaban J connectivity index is 1.57. The lowest BCUT2D eigenvalue weighted by Crippen LogP contribution is -2.45. The van der Waals surface area contributed by atoms with E-state index in [1.807, 2.05) is 0 Å². The van der Waals surface area contributed by atoms with Gasteiger partial charge < -0.3 is 4.90 Å². The molecule has 1 saturated heterocycles. The second kappa shape index (κ2) is 8.04. The molecule has 1 aromatic heterocycles. The normalized spacial score (nSPS) is 16.1. The first-order valence-corrected chi connectivity index (χ1v) is 11.0. The highest BCUT2D eigenvalue weighted by Crippen LogP contribution is 2.33. The Morgan fingerprint density at radius 2 is 1.68 bits per heavy atom. The molecular weight excluding hydrogens is 436 g/mol. The molecule has 0 amide bonds. The fourth-order valence-electron chi connectivity index (χ4n) is 3.55. The molecule has 2 heterocycles. The van der Waals surface area contributed by atoms with E-state index in [0.717, 1.165) is 12.1 Å². The van der Waals surface area contributed by atoms with E-state index in [4.69, 9.17) is 0 Å². The molecule has 0 bridgehead atoms. The van der Waals surface area contributed by atoms with E-state index in [1.165, 1.54) is 18.2 Å². The van der Waals surface area contributed by atoms with Crippen LogP contribution >= 0.6 is 0 Å². The maximum atomic E-state index is 13.8. The summed E-state index contributed by atoms with van der Waals surface area (Å²) >= 11 is 0. The molecule has 0 saturated carbocycles. The molecule has 11 heteroatoms. The lowest BCUT2D eigenvalue weighted by Gasteiger charge is -2.33. The summed E-state index contributed by atoms with van der Waals surface area (Å²) in [7, 11) is -3.70. The van der Waals surface area contributed by atoms with E-state index in [0.29, 0.717) is 12.8 Å². The van der Waals surface area contributed by atoms with Gasteiger partial charge in [0.1, 0.15) is 11.6 Å². The zero-order valence-corrected chi connectivity index (χ0v) is 16.9. The number of fused-ring (bicyclic) bond motifs is 1. The zero-order chi connectivity index (χ0) is 22.2. The van der Waals surface area contributed by atoms with Gasteiger partial charge in [0.05, 0.1) is 10.4 Å². The van der Waals surface area contributed by atoms with Crippen LogP contribution in [0.15, 0.2) is 53.4 Å². The number of hydrogen-bond donors (Lipinski definition) is 1. The SMILES string of the molecule is O=S(=O)(NC1CCN(c2nc(C(F)(F)F)nc3ccc(F)cc23)CC1)c1ccccc1. The van der Waals surface area contributed by atoms with Crippen molar-refractivity contribution in [3.63, 3.8) is 0 Å². The average Bonchev–Trinajstić information content (AvgIpc) is 2.73. The topological polar surface area (TPSA) is 75.2 Å². The van der Waals surface area contributed by atoms with Crippen molar-refractivity contribution in [2.75, 3.05) is 18.0 Å². The maximum absolute atomic E-state index is 13.8. The van der Waals surface area contributed by atoms with Crippen LogP contribution in [-0.4, -0.2) is 37.5 Å². The Hall–Kier alpha value is -2.79. The van der Waals surface area contributed by atoms with Gasteiger partial charge in [-0.25, -0.2) is 27.5 Å². The van der Waals surface area contributed by atoms with Gasteiger partial charge in [0, 0.05) is 24.5 Å². The summed E-state index contributed by atoms with van der Waals surface area (Å²) in [5, 5.41) is 0.177. The molecule has 1 aliphatic heterocycles. The van der Waals surface area contributed by atoms with Gasteiger partial charge in [-0.3, -0.25) is 0 Å². The lowest BCUT2D eigenvalue weighted by atomic mass is 10.1. The molecule has 31 heavy (non-hydrogen) atoms. The van der Waals surface area contributed by atoms with Gasteiger partial charge in [-0.05, 0) is 43.2 Å². The number of halogens is 4. The predicted molar refractivity (Wildman–Crippen MR) is 106 cm³/mol. The van der Waals surface area contributed by atoms with Crippen molar-refractivity contribution in [3.05, 3.63) is 60.2 Å². The van der Waals surface area contributed by atoms with Crippen molar-refractivity contribution >= 4 is 26.7 Å². The number of piperidine rings is 1. The number of rotatable bonds is 4. The van der Waals surface area contributed by atoms with Crippen molar-refractivity contribution in [2.24, 2.45) is 0 Å². The highest BCUT2D eigenvalue weighted by Gasteiger charge is 2.36. The van der Waals surface area contributed by atoms with Gasteiger partial charge in [0.15, 0.2) is 0 Å². The standard InChI is InChI=1S/C20H18F4N4O2S/c21-13-6-7-17-16(12-13)18(26-19(25-17)20(22,23)24)28-10-8-14(9-11-28)27-31(29,30)15-4-2-1-3-5-15/h1-7,12,14,27H,8-11H2. The van der Waals surface area contributed by atoms with Gasteiger partial charge in [-0.2, -0.15) is 13.2 Å². The van der Waals surface area contributed by atoms with Crippen LogP contribution in [-0.2, 0) is 16.2 Å². The van der Waals surface area contributed by atoms with E-state index in [2.05, 4.69) is 14.7 Å². The highest BCUT2D eigenvalue weighted by molar-refractivity contribution is 7.89. The van der Waals surface area contributed by atoms with Crippen LogP contribution in [0.25, 0.3) is 10.9 Å². The second-order valence-corrected chi connectivity index (χ2v) is 8.94. The number of alkyl halides is 3. The Bertz CT molecular complexity index is 1200. The molecule has 1 fully saturated rings. The third-order valence-electron chi connectivity index (χ3n) is 5.06. The molecule has 3 aromatic rings. The summed E-state index contributed by atoms with van der Waals surface area (Å²) in [5.41, 5.74) is -0.00868. The third-order valence-corrected chi connectivity index (χ3v) is 6.60. The quantitative estimate of drug-likeness (QED) is 0.608. The maximum Gasteiger partial charge on any atom is 0.451 e. The number of hydrogen-bond acceptors (Lipinski definition) is 5. The van der Waals surface area contributed by atoms with Gasteiger partial charge in [-0.15, -0.1) is 0 Å². The number of nitrogens with zero attached hydrogens (tertiary/aromatic N) is 3. The van der Waals surface area contributed by atoms with Crippen molar-refractivity contribution in [3.8, 4) is 0 Å². The zero-order valence-electron chi connectivity index (χ0n) is 16.1. The summed E-state index contributed by atoms with van der Waals surface area (Å²) in [6.45, 7) is 0.504. The number of sulfonamides is 1. The van der Waals surface area contributed by atoms with Crippen LogP contribution < -0.4 is 9.62 Å². The molecular formula is C20H18F4N4O2S. The summed E-state index contributed by atoms with van der Waals surface area (Å²) in [6.07, 6.45) is -4.04. The Morgan fingerprint density at radius 3 is 2.32 bits per heavy atom. The minimum atomic E-state index is -4.75. The molecule has 0 unspecified atom stereocenters. The van der Waals surface area contributed by atoms with Crippen LogP contribution in [0.3, 0.4) is 0 Å². The van der Waals surface area contributed by atoms with Gasteiger partial charge in [0.25, 0.3) is 0 Å². The van der Waals surface area contributed by atoms with Crippen molar-refractivity contribution in [2.45, 2.75) is 30.0 Å². The third kappa shape index (κ3) is 4.62. The molecule has 0 spiro atoms. The number of aromatic nitrogens is 2. The van der Waals surface area contributed by atoms with E-state index in [1.54, 1.807) is 23.1 Å². The minimum Gasteiger partial charge on any atom is -0.356 e. The number of nitrogens with one attached hydrogen (secondary N) is 1. The van der Waals surface area contributed by atoms with Crippen LogP contribution in [0.4, 0.5) is 23.4 Å². The molecule has 0 radical (unpaired) electrons. The van der Waals surface area contributed by atoms with Crippen LogP contribution in [0.2, 0.25) is 0 Å². The number of benzene rings is 2. The van der Waals surface area contributed by atoms with E-state index in [9.17, 15) is 26.0 Å². The lowest BCUT2D eigenvalue weighted by molar-refractivity contribution is -0.144.